The highest BCUT2D eigenvalue weighted by atomic mass is 35.5. The third-order valence-corrected chi connectivity index (χ3v) is 2.37. The number of halogens is 2. The van der Waals surface area contributed by atoms with Crippen molar-refractivity contribution in [2.45, 2.75) is 24.6 Å². The summed E-state index contributed by atoms with van der Waals surface area (Å²) in [7, 11) is 0. The first-order valence-electron chi connectivity index (χ1n) is 4.40. The first kappa shape index (κ1) is 10.9. The number of aryl methyl sites for hydroxylation is 1. The summed E-state index contributed by atoms with van der Waals surface area (Å²) < 4.78 is 0. The molecule has 0 fully saturated rings. The maximum atomic E-state index is 5.77. The van der Waals surface area contributed by atoms with Gasteiger partial charge in [-0.3, -0.25) is 0 Å². The van der Waals surface area contributed by atoms with E-state index in [1.807, 2.05) is 12.1 Å². The van der Waals surface area contributed by atoms with Gasteiger partial charge in [0, 0.05) is 10.4 Å². The van der Waals surface area contributed by atoms with Crippen LogP contribution in [0.3, 0.4) is 0 Å². The van der Waals surface area contributed by atoms with Gasteiger partial charge in [0.15, 0.2) is 0 Å². The van der Waals surface area contributed by atoms with Crippen LogP contribution in [0.1, 0.15) is 18.4 Å². The normalized spacial score (nSPS) is 12.8. The highest BCUT2D eigenvalue weighted by Crippen LogP contribution is 2.13. The maximum Gasteiger partial charge on any atom is 0.0406 e. The summed E-state index contributed by atoms with van der Waals surface area (Å²) in [5.41, 5.74) is 1.31. The number of alkyl halides is 1. The first-order valence-corrected chi connectivity index (χ1v) is 5.21. The molecule has 0 amide bonds. The first-order chi connectivity index (χ1) is 6.18. The molecule has 2 heteroatoms. The zero-order chi connectivity index (χ0) is 9.68. The minimum absolute atomic E-state index is 0.0345. The van der Waals surface area contributed by atoms with Crippen LogP contribution in [0.25, 0.3) is 0 Å². The Morgan fingerprint density at radius 3 is 2.38 bits per heavy atom. The molecule has 0 aliphatic rings. The lowest BCUT2D eigenvalue weighted by Crippen LogP contribution is -1.93. The third-order valence-electron chi connectivity index (χ3n) is 1.90. The van der Waals surface area contributed by atoms with Crippen molar-refractivity contribution in [2.24, 2.45) is 0 Å². The molecule has 0 N–H and O–H groups in total. The largest absolute Gasteiger partial charge is 0.123 e. The van der Waals surface area contributed by atoms with Crippen molar-refractivity contribution in [1.29, 1.82) is 0 Å². The molecule has 1 atom stereocenters. The molecule has 1 rings (SSSR count). The van der Waals surface area contributed by atoms with Crippen LogP contribution in [0.2, 0.25) is 5.02 Å². The second-order valence-electron chi connectivity index (χ2n) is 3.12. The van der Waals surface area contributed by atoms with Gasteiger partial charge in [0.2, 0.25) is 0 Å². The van der Waals surface area contributed by atoms with E-state index in [0.717, 1.165) is 24.3 Å². The van der Waals surface area contributed by atoms with E-state index in [1.165, 1.54) is 5.56 Å². The minimum atomic E-state index is 0.0345. The molecule has 0 aliphatic carbocycles. The fraction of sp³-hybridized carbons (Fsp3) is 0.364. The van der Waals surface area contributed by atoms with Crippen LogP contribution in [0.5, 0.6) is 0 Å². The Morgan fingerprint density at radius 2 is 1.85 bits per heavy atom. The number of hydrogen-bond donors (Lipinski definition) is 0. The van der Waals surface area contributed by atoms with Crippen molar-refractivity contribution in [1.82, 2.24) is 0 Å². The van der Waals surface area contributed by atoms with Gasteiger partial charge in [-0.1, -0.05) is 23.7 Å². The lowest BCUT2D eigenvalue weighted by molar-refractivity contribution is 0.751. The van der Waals surface area contributed by atoms with E-state index < -0.39 is 0 Å². The average molecular weight is 216 g/mol. The van der Waals surface area contributed by atoms with E-state index in [-0.39, 0.29) is 5.38 Å². The summed E-state index contributed by atoms with van der Waals surface area (Å²) in [5, 5.41) is 0.823. The number of benzene rings is 1. The van der Waals surface area contributed by atoms with Gasteiger partial charge in [0.05, 0.1) is 0 Å². The molecule has 0 spiro atoms. The summed E-state index contributed by atoms with van der Waals surface area (Å²) in [6.45, 7) is 3.73. The molecular weight excluding hydrogens is 203 g/mol. The Morgan fingerprint density at radius 1 is 1.23 bits per heavy atom. The predicted octanol–water partition coefficient (Wildman–Crippen LogP) is 4.10. The molecule has 71 valence electrons. The van der Waals surface area contributed by atoms with E-state index in [1.54, 1.807) is 0 Å². The van der Waals surface area contributed by atoms with Gasteiger partial charge in [-0.25, -0.2) is 0 Å². The Labute approximate surface area is 89.9 Å². The van der Waals surface area contributed by atoms with E-state index in [4.69, 9.17) is 23.2 Å². The van der Waals surface area contributed by atoms with Crippen LogP contribution in [0, 0.1) is 6.92 Å². The highest BCUT2D eigenvalue weighted by Gasteiger charge is 1.97. The Kier molecular flexibility index (Phi) is 4.61. The quantitative estimate of drug-likeness (QED) is 0.664. The van der Waals surface area contributed by atoms with Gasteiger partial charge in [-0.05, 0) is 43.9 Å². The average Bonchev–Trinajstić information content (AvgIpc) is 2.08. The van der Waals surface area contributed by atoms with Gasteiger partial charge in [-0.2, -0.15) is 0 Å². The lowest BCUT2D eigenvalue weighted by atomic mass is 10.1. The molecule has 1 aromatic carbocycles. The molecule has 13 heavy (non-hydrogen) atoms. The van der Waals surface area contributed by atoms with Crippen LogP contribution in [-0.2, 0) is 6.42 Å². The Balaban J connectivity index is 2.33. The maximum absolute atomic E-state index is 5.77. The Hall–Kier alpha value is -0.200. The van der Waals surface area contributed by atoms with E-state index in [0.29, 0.717) is 0 Å². The molecular formula is C11H13Cl2. The molecule has 0 heterocycles. The molecule has 0 nitrogen and oxygen atoms in total. The highest BCUT2D eigenvalue weighted by molar-refractivity contribution is 6.30. The monoisotopic (exact) mass is 215 g/mol. The molecule has 0 aromatic heterocycles. The summed E-state index contributed by atoms with van der Waals surface area (Å²) >= 11 is 11.5. The summed E-state index contributed by atoms with van der Waals surface area (Å²) in [6.07, 6.45) is 3.10. The molecule has 0 bridgehead atoms. The second-order valence-corrected chi connectivity index (χ2v) is 4.17. The van der Waals surface area contributed by atoms with Gasteiger partial charge in [0.25, 0.3) is 0 Å². The molecule has 1 radical (unpaired) electrons. The van der Waals surface area contributed by atoms with Crippen LogP contribution in [0.15, 0.2) is 24.3 Å². The van der Waals surface area contributed by atoms with Crippen molar-refractivity contribution in [2.75, 3.05) is 0 Å². The topological polar surface area (TPSA) is 0 Å². The van der Waals surface area contributed by atoms with Crippen molar-refractivity contribution < 1.29 is 0 Å². The molecule has 0 aliphatic heterocycles. The van der Waals surface area contributed by atoms with Crippen LogP contribution < -0.4 is 0 Å². The molecule has 1 aromatic rings. The molecule has 0 saturated heterocycles. The van der Waals surface area contributed by atoms with E-state index >= 15 is 0 Å². The lowest BCUT2D eigenvalue weighted by Gasteiger charge is -2.02. The van der Waals surface area contributed by atoms with Gasteiger partial charge < -0.3 is 0 Å². The molecule has 0 saturated carbocycles. The van der Waals surface area contributed by atoms with Crippen molar-refractivity contribution in [3.8, 4) is 0 Å². The fourth-order valence-electron chi connectivity index (χ4n) is 1.18. The fourth-order valence-corrected chi connectivity index (χ4v) is 1.46. The van der Waals surface area contributed by atoms with Crippen LogP contribution in [0.4, 0.5) is 0 Å². The van der Waals surface area contributed by atoms with Crippen molar-refractivity contribution in [3.05, 3.63) is 41.8 Å². The molecule has 1 unspecified atom stereocenters. The smallest absolute Gasteiger partial charge is 0.0406 e. The van der Waals surface area contributed by atoms with Crippen LogP contribution in [-0.4, -0.2) is 5.38 Å². The Bertz CT molecular complexity index is 239. The summed E-state index contributed by atoms with van der Waals surface area (Å²) in [4.78, 5) is 0. The standard InChI is InChI=1S/C11H13Cl2/c1-9(12)3-2-4-10-5-7-11(13)8-6-10/h5-9H,1-4H2. The van der Waals surface area contributed by atoms with E-state index in [9.17, 15) is 0 Å². The second kappa shape index (κ2) is 5.51. The SMILES string of the molecule is [CH2]C(Cl)CCCc1ccc(Cl)cc1. The van der Waals surface area contributed by atoms with Gasteiger partial charge in [0.1, 0.15) is 0 Å². The van der Waals surface area contributed by atoms with Gasteiger partial charge in [-0.15, -0.1) is 11.6 Å². The van der Waals surface area contributed by atoms with Crippen molar-refractivity contribution >= 4 is 23.2 Å². The summed E-state index contributed by atoms with van der Waals surface area (Å²) in [5.74, 6) is 0. The van der Waals surface area contributed by atoms with Gasteiger partial charge >= 0.3 is 0 Å². The van der Waals surface area contributed by atoms with Crippen LogP contribution >= 0.6 is 23.2 Å². The van der Waals surface area contributed by atoms with E-state index in [2.05, 4.69) is 19.1 Å². The predicted molar refractivity (Wildman–Crippen MR) is 59.4 cm³/mol. The third kappa shape index (κ3) is 4.54. The zero-order valence-corrected chi connectivity index (χ0v) is 8.98. The number of rotatable bonds is 4. The number of hydrogen-bond acceptors (Lipinski definition) is 0. The minimum Gasteiger partial charge on any atom is -0.123 e. The zero-order valence-electron chi connectivity index (χ0n) is 7.47. The van der Waals surface area contributed by atoms with Crippen molar-refractivity contribution in [3.63, 3.8) is 0 Å². The summed E-state index contributed by atoms with van der Waals surface area (Å²) in [6, 6.07) is 7.93.